The van der Waals surface area contributed by atoms with Crippen LogP contribution in [0.2, 0.25) is 5.02 Å². The third-order valence-electron chi connectivity index (χ3n) is 7.00. The molecule has 3 aromatic rings. The Morgan fingerprint density at radius 1 is 1.28 bits per heavy atom. The molecule has 1 aromatic carbocycles. The number of anilines is 2. The first-order valence-corrected chi connectivity index (χ1v) is 12.5. The normalized spacial score (nSPS) is 28.0. The van der Waals surface area contributed by atoms with Gasteiger partial charge in [0, 0.05) is 24.6 Å². The van der Waals surface area contributed by atoms with Crippen LogP contribution in [-0.4, -0.2) is 75.0 Å². The number of nitrogens with one attached hydrogen (secondary N) is 1. The SMILES string of the molecule is CC(C)n1c(N2CC[C@H](F)C2)nc2c(F)cc(-c3nc(N[C@@H]4C[C@H]5OC[C@H](O5)[C@H]4O)ncc3Cl)cc21. The van der Waals surface area contributed by atoms with E-state index >= 15 is 4.39 Å². The maximum absolute atomic E-state index is 15.4. The molecule has 0 radical (unpaired) electrons. The molecule has 0 amide bonds. The van der Waals surface area contributed by atoms with Crippen LogP contribution >= 0.6 is 11.6 Å². The lowest BCUT2D eigenvalue weighted by atomic mass is 10.0. The van der Waals surface area contributed by atoms with Gasteiger partial charge in [0.05, 0.1) is 41.6 Å². The van der Waals surface area contributed by atoms with Crippen molar-refractivity contribution in [3.05, 3.63) is 29.2 Å². The van der Waals surface area contributed by atoms with Gasteiger partial charge >= 0.3 is 0 Å². The lowest BCUT2D eigenvalue weighted by molar-refractivity contribution is -0.123. The second kappa shape index (κ2) is 9.05. The average molecular weight is 521 g/mol. The molecule has 6 rings (SSSR count). The van der Waals surface area contributed by atoms with Gasteiger partial charge in [-0.1, -0.05) is 11.6 Å². The highest BCUT2D eigenvalue weighted by molar-refractivity contribution is 6.33. The molecule has 3 saturated heterocycles. The summed E-state index contributed by atoms with van der Waals surface area (Å²) in [5, 5.41) is 14.0. The number of aliphatic hydroxyl groups excluding tert-OH is 1. The van der Waals surface area contributed by atoms with E-state index in [2.05, 4.69) is 20.3 Å². The first kappa shape index (κ1) is 23.8. The molecular formula is C24H27ClF2N6O3. The number of aliphatic hydroxyl groups is 1. The van der Waals surface area contributed by atoms with Crippen molar-refractivity contribution < 1.29 is 23.4 Å². The van der Waals surface area contributed by atoms with Crippen molar-refractivity contribution in [1.82, 2.24) is 19.5 Å². The Bertz CT molecular complexity index is 1310. The van der Waals surface area contributed by atoms with Crippen LogP contribution in [0.15, 0.2) is 18.3 Å². The summed E-state index contributed by atoms with van der Waals surface area (Å²) in [5.74, 6) is 0.291. The zero-order valence-corrected chi connectivity index (χ0v) is 20.6. The van der Waals surface area contributed by atoms with Crippen molar-refractivity contribution in [2.75, 3.05) is 29.9 Å². The molecule has 5 atom stereocenters. The van der Waals surface area contributed by atoms with Gasteiger partial charge < -0.3 is 29.4 Å². The highest BCUT2D eigenvalue weighted by atomic mass is 35.5. The van der Waals surface area contributed by atoms with Crippen LogP contribution in [-0.2, 0) is 9.47 Å². The van der Waals surface area contributed by atoms with E-state index in [4.69, 9.17) is 21.1 Å². The van der Waals surface area contributed by atoms with Gasteiger partial charge in [-0.25, -0.2) is 23.7 Å². The number of fused-ring (bicyclic) bond motifs is 3. The minimum atomic E-state index is -0.924. The van der Waals surface area contributed by atoms with Gasteiger partial charge in [-0.2, -0.15) is 0 Å². The van der Waals surface area contributed by atoms with Gasteiger partial charge in [0.15, 0.2) is 12.1 Å². The average Bonchev–Trinajstić information content (AvgIpc) is 3.55. The maximum atomic E-state index is 15.4. The Kier molecular flexibility index (Phi) is 5.98. The number of halogens is 3. The predicted molar refractivity (Wildman–Crippen MR) is 130 cm³/mol. The van der Waals surface area contributed by atoms with Crippen molar-refractivity contribution in [3.63, 3.8) is 0 Å². The summed E-state index contributed by atoms with van der Waals surface area (Å²) >= 11 is 6.45. The van der Waals surface area contributed by atoms with Gasteiger partial charge in [0.2, 0.25) is 11.9 Å². The number of alkyl halides is 1. The van der Waals surface area contributed by atoms with Crippen molar-refractivity contribution in [2.24, 2.45) is 0 Å². The van der Waals surface area contributed by atoms with E-state index in [-0.39, 0.29) is 41.4 Å². The van der Waals surface area contributed by atoms with Gasteiger partial charge in [0.25, 0.3) is 0 Å². The van der Waals surface area contributed by atoms with E-state index in [1.54, 1.807) is 6.07 Å². The fraction of sp³-hybridized carbons (Fsp3) is 0.542. The predicted octanol–water partition coefficient (Wildman–Crippen LogP) is 3.70. The Balaban J connectivity index is 1.37. The van der Waals surface area contributed by atoms with Gasteiger partial charge in [-0.15, -0.1) is 0 Å². The number of imidazole rings is 1. The first-order chi connectivity index (χ1) is 17.3. The maximum Gasteiger partial charge on any atom is 0.223 e. The molecule has 0 spiro atoms. The zero-order chi connectivity index (χ0) is 25.1. The molecule has 2 aromatic heterocycles. The van der Waals surface area contributed by atoms with Crippen LogP contribution in [0.4, 0.5) is 20.7 Å². The fourth-order valence-corrected chi connectivity index (χ4v) is 5.44. The molecule has 9 nitrogen and oxygen atoms in total. The molecule has 192 valence electrons. The third-order valence-corrected chi connectivity index (χ3v) is 7.28. The summed E-state index contributed by atoms with van der Waals surface area (Å²) in [7, 11) is 0. The Morgan fingerprint density at radius 3 is 2.86 bits per heavy atom. The minimum Gasteiger partial charge on any atom is -0.388 e. The zero-order valence-electron chi connectivity index (χ0n) is 19.9. The highest BCUT2D eigenvalue weighted by Gasteiger charge is 2.43. The second-order valence-corrected chi connectivity index (χ2v) is 10.2. The minimum absolute atomic E-state index is 0.0380. The fourth-order valence-electron chi connectivity index (χ4n) is 5.24. The van der Waals surface area contributed by atoms with E-state index in [1.165, 1.54) is 12.3 Å². The Labute approximate surface area is 211 Å². The molecule has 36 heavy (non-hydrogen) atoms. The second-order valence-electron chi connectivity index (χ2n) is 9.84. The number of hydrogen-bond acceptors (Lipinski definition) is 8. The van der Waals surface area contributed by atoms with Crippen LogP contribution in [0, 0.1) is 5.82 Å². The molecule has 3 fully saturated rings. The van der Waals surface area contributed by atoms with Crippen LogP contribution in [0.25, 0.3) is 22.3 Å². The quantitative estimate of drug-likeness (QED) is 0.525. The van der Waals surface area contributed by atoms with Crippen LogP contribution in [0.3, 0.4) is 0 Å². The number of rotatable bonds is 5. The number of ether oxygens (including phenoxy) is 2. The molecule has 12 heteroatoms. The van der Waals surface area contributed by atoms with Crippen LogP contribution in [0.5, 0.6) is 0 Å². The first-order valence-electron chi connectivity index (χ1n) is 12.1. The molecular weight excluding hydrogens is 494 g/mol. The summed E-state index contributed by atoms with van der Waals surface area (Å²) in [5.41, 5.74) is 1.60. The third kappa shape index (κ3) is 4.07. The standard InChI is InChI=1S/C24H27ClF2N6O3/c1-11(2)33-17-6-12(5-15(27)21(17)31-24(33)32-4-3-13(26)9-32)20-14(25)8-28-23(30-20)29-16-7-19-35-10-18(36-19)22(16)34/h5-6,8,11,13,16,18-19,22,34H,3-4,7,9-10H2,1-2H3,(H,28,29,30)/t13-,16+,18-,19-,22-/m0/s1. The molecule has 3 aliphatic rings. The number of benzene rings is 1. The molecule has 5 heterocycles. The summed E-state index contributed by atoms with van der Waals surface area (Å²) < 4.78 is 42.3. The largest absolute Gasteiger partial charge is 0.388 e. The van der Waals surface area contributed by atoms with E-state index in [1.807, 2.05) is 23.3 Å². The van der Waals surface area contributed by atoms with E-state index in [9.17, 15) is 9.50 Å². The Hall–Kier alpha value is -2.60. The highest BCUT2D eigenvalue weighted by Crippen LogP contribution is 2.36. The summed E-state index contributed by atoms with van der Waals surface area (Å²) in [6, 6.07) is 2.74. The summed E-state index contributed by atoms with van der Waals surface area (Å²) in [4.78, 5) is 15.2. The number of nitrogens with zero attached hydrogens (tertiary/aromatic N) is 5. The Morgan fingerprint density at radius 2 is 2.11 bits per heavy atom. The molecule has 2 bridgehead atoms. The lowest BCUT2D eigenvalue weighted by Gasteiger charge is -2.32. The molecule has 2 N–H and O–H groups in total. The van der Waals surface area contributed by atoms with E-state index < -0.39 is 24.2 Å². The molecule has 0 unspecified atom stereocenters. The van der Waals surface area contributed by atoms with Crippen LogP contribution < -0.4 is 10.2 Å². The molecule has 0 saturated carbocycles. The van der Waals surface area contributed by atoms with Crippen molar-refractivity contribution in [3.8, 4) is 11.3 Å². The van der Waals surface area contributed by atoms with Crippen LogP contribution in [0.1, 0.15) is 32.7 Å². The van der Waals surface area contributed by atoms with E-state index in [0.717, 1.165) is 0 Å². The topological polar surface area (TPSA) is 97.6 Å². The van der Waals surface area contributed by atoms with Crippen molar-refractivity contribution >= 4 is 34.5 Å². The van der Waals surface area contributed by atoms with Crippen molar-refractivity contribution in [2.45, 2.75) is 63.4 Å². The smallest absolute Gasteiger partial charge is 0.223 e. The summed E-state index contributed by atoms with van der Waals surface area (Å²) in [6.07, 6.45) is -0.183. The van der Waals surface area contributed by atoms with Gasteiger partial charge in [-0.05, 0) is 32.4 Å². The van der Waals surface area contributed by atoms with Crippen molar-refractivity contribution in [1.29, 1.82) is 0 Å². The molecule has 0 aliphatic carbocycles. The van der Waals surface area contributed by atoms with E-state index in [0.29, 0.717) is 48.7 Å². The number of aromatic nitrogens is 4. The van der Waals surface area contributed by atoms with Gasteiger partial charge in [0.1, 0.15) is 23.9 Å². The monoisotopic (exact) mass is 520 g/mol. The summed E-state index contributed by atoms with van der Waals surface area (Å²) in [6.45, 7) is 5.07. The molecule has 3 aliphatic heterocycles. The number of hydrogen-bond donors (Lipinski definition) is 2. The lowest BCUT2D eigenvalue weighted by Crippen LogP contribution is -2.48. The van der Waals surface area contributed by atoms with Gasteiger partial charge in [-0.3, -0.25) is 0 Å².